The lowest BCUT2D eigenvalue weighted by molar-refractivity contribution is -0.141. The van der Waals surface area contributed by atoms with Gasteiger partial charge >= 0.3 is 0 Å². The fraction of sp³-hybridized carbons (Fsp3) is 0.524. The lowest BCUT2D eigenvalue weighted by Gasteiger charge is -2.43. The number of carbonyl (C=O) groups is 1. The topological polar surface area (TPSA) is 64.2 Å². The summed E-state index contributed by atoms with van der Waals surface area (Å²) in [7, 11) is 0. The second-order valence-electron chi connectivity index (χ2n) is 8.90. The normalized spacial score (nSPS) is 19.4. The van der Waals surface area contributed by atoms with E-state index >= 15 is 0 Å². The standard InChI is InChI=1S/C21H25F3N4O/c1-11(2)17-16(12-9-13(22)15(24)14(23)10-12)26-18-20(3,4)28(8-7-27(17)18)19(29)21(25)5-6-21/h9-11H,5-8,25H2,1-4H3. The number of fused-ring (bicyclic) bond motifs is 1. The van der Waals surface area contributed by atoms with Crippen LogP contribution < -0.4 is 5.73 Å². The second-order valence-corrected chi connectivity index (χ2v) is 8.90. The Hall–Kier alpha value is -2.35. The van der Waals surface area contributed by atoms with Crippen molar-refractivity contribution in [3.05, 3.63) is 41.1 Å². The highest BCUT2D eigenvalue weighted by molar-refractivity contribution is 5.89. The van der Waals surface area contributed by atoms with Crippen LogP contribution in [0.25, 0.3) is 11.3 Å². The summed E-state index contributed by atoms with van der Waals surface area (Å²) in [6.45, 7) is 8.71. The molecule has 2 N–H and O–H groups in total. The van der Waals surface area contributed by atoms with Crippen LogP contribution >= 0.6 is 0 Å². The van der Waals surface area contributed by atoms with Crippen LogP contribution in [-0.4, -0.2) is 32.4 Å². The molecule has 0 spiro atoms. The van der Waals surface area contributed by atoms with Crippen molar-refractivity contribution in [1.82, 2.24) is 14.5 Å². The van der Waals surface area contributed by atoms with Crippen molar-refractivity contribution in [2.75, 3.05) is 6.54 Å². The number of carbonyl (C=O) groups excluding carboxylic acids is 1. The van der Waals surface area contributed by atoms with Crippen molar-refractivity contribution >= 4 is 5.91 Å². The van der Waals surface area contributed by atoms with Gasteiger partial charge in [-0.05, 0) is 44.7 Å². The fourth-order valence-electron chi connectivity index (χ4n) is 4.22. The van der Waals surface area contributed by atoms with Crippen LogP contribution in [0, 0.1) is 17.5 Å². The first kappa shape index (κ1) is 19.9. The Morgan fingerprint density at radius 3 is 2.24 bits per heavy atom. The molecule has 156 valence electrons. The lowest BCUT2D eigenvalue weighted by Crippen LogP contribution is -2.57. The average Bonchev–Trinajstić information content (AvgIpc) is 3.25. The molecule has 1 aromatic carbocycles. The molecule has 0 radical (unpaired) electrons. The first-order chi connectivity index (χ1) is 13.5. The molecular formula is C21H25F3N4O. The van der Waals surface area contributed by atoms with Gasteiger partial charge in [0.15, 0.2) is 17.5 Å². The Balaban J connectivity index is 1.86. The lowest BCUT2D eigenvalue weighted by atomic mass is 9.97. The molecule has 5 nitrogen and oxygen atoms in total. The van der Waals surface area contributed by atoms with E-state index in [9.17, 15) is 18.0 Å². The zero-order valence-electron chi connectivity index (χ0n) is 17.0. The van der Waals surface area contributed by atoms with E-state index in [0.717, 1.165) is 17.8 Å². The van der Waals surface area contributed by atoms with Crippen LogP contribution in [0.3, 0.4) is 0 Å². The molecule has 4 rings (SSSR count). The van der Waals surface area contributed by atoms with Crippen LogP contribution in [0.15, 0.2) is 12.1 Å². The van der Waals surface area contributed by atoms with Gasteiger partial charge in [-0.2, -0.15) is 0 Å². The highest BCUT2D eigenvalue weighted by Gasteiger charge is 2.53. The van der Waals surface area contributed by atoms with E-state index in [2.05, 4.69) is 0 Å². The Labute approximate surface area is 167 Å². The van der Waals surface area contributed by atoms with Gasteiger partial charge in [0.2, 0.25) is 5.91 Å². The molecule has 0 unspecified atom stereocenters. The summed E-state index contributed by atoms with van der Waals surface area (Å²) in [4.78, 5) is 19.4. The van der Waals surface area contributed by atoms with E-state index in [-0.39, 0.29) is 17.4 Å². The van der Waals surface area contributed by atoms with Crippen LogP contribution in [0.4, 0.5) is 13.2 Å². The predicted molar refractivity (Wildman–Crippen MR) is 103 cm³/mol. The predicted octanol–water partition coefficient (Wildman–Crippen LogP) is 3.66. The van der Waals surface area contributed by atoms with Gasteiger partial charge in [0.25, 0.3) is 0 Å². The van der Waals surface area contributed by atoms with Crippen LogP contribution in [0.2, 0.25) is 0 Å². The summed E-state index contributed by atoms with van der Waals surface area (Å²) in [5.41, 5.74) is 6.00. The summed E-state index contributed by atoms with van der Waals surface area (Å²) >= 11 is 0. The minimum Gasteiger partial charge on any atom is -0.327 e. The molecule has 8 heteroatoms. The molecule has 2 aromatic rings. The minimum absolute atomic E-state index is 0.00441. The monoisotopic (exact) mass is 406 g/mol. The van der Waals surface area contributed by atoms with Crippen LogP contribution in [0.1, 0.15) is 58.0 Å². The number of hydrogen-bond donors (Lipinski definition) is 1. The summed E-state index contributed by atoms with van der Waals surface area (Å²) in [6.07, 6.45) is 1.34. The zero-order chi connectivity index (χ0) is 21.3. The number of nitrogens with two attached hydrogens (primary N) is 1. The van der Waals surface area contributed by atoms with Crippen molar-refractivity contribution in [1.29, 1.82) is 0 Å². The van der Waals surface area contributed by atoms with Crippen molar-refractivity contribution in [2.24, 2.45) is 5.73 Å². The van der Waals surface area contributed by atoms with Gasteiger partial charge in [-0.1, -0.05) is 13.8 Å². The van der Waals surface area contributed by atoms with Crippen LogP contribution in [-0.2, 0) is 16.9 Å². The minimum atomic E-state index is -1.50. The number of rotatable bonds is 3. The van der Waals surface area contributed by atoms with Crippen LogP contribution in [0.5, 0.6) is 0 Å². The number of aromatic nitrogens is 2. The third-order valence-corrected chi connectivity index (χ3v) is 6.04. The zero-order valence-corrected chi connectivity index (χ0v) is 17.0. The van der Waals surface area contributed by atoms with Gasteiger partial charge in [0.05, 0.1) is 16.8 Å². The smallest absolute Gasteiger partial charge is 0.243 e. The maximum Gasteiger partial charge on any atom is 0.243 e. The fourth-order valence-corrected chi connectivity index (χ4v) is 4.22. The molecule has 2 heterocycles. The van der Waals surface area contributed by atoms with Gasteiger partial charge in [0, 0.05) is 24.3 Å². The quantitative estimate of drug-likeness (QED) is 0.792. The molecule has 0 saturated heterocycles. The van der Waals surface area contributed by atoms with E-state index in [0.29, 0.717) is 37.4 Å². The molecular weight excluding hydrogens is 381 g/mol. The molecule has 1 amide bonds. The number of benzene rings is 1. The van der Waals surface area contributed by atoms with Gasteiger partial charge in [-0.3, -0.25) is 4.79 Å². The number of imidazole rings is 1. The van der Waals surface area contributed by atoms with E-state index in [1.807, 2.05) is 32.3 Å². The van der Waals surface area contributed by atoms with E-state index in [1.54, 1.807) is 4.90 Å². The highest BCUT2D eigenvalue weighted by atomic mass is 19.2. The first-order valence-corrected chi connectivity index (χ1v) is 9.84. The Morgan fingerprint density at radius 1 is 1.14 bits per heavy atom. The summed E-state index contributed by atoms with van der Waals surface area (Å²) in [5, 5.41) is 0. The van der Waals surface area contributed by atoms with Crippen molar-refractivity contribution < 1.29 is 18.0 Å². The van der Waals surface area contributed by atoms with Crippen molar-refractivity contribution in [3.8, 4) is 11.3 Å². The summed E-state index contributed by atoms with van der Waals surface area (Å²) in [5.74, 6) is -3.47. The van der Waals surface area contributed by atoms with Gasteiger partial charge in [0.1, 0.15) is 5.82 Å². The van der Waals surface area contributed by atoms with Crippen molar-refractivity contribution in [3.63, 3.8) is 0 Å². The van der Waals surface area contributed by atoms with Gasteiger partial charge < -0.3 is 15.2 Å². The van der Waals surface area contributed by atoms with E-state index < -0.39 is 28.5 Å². The Bertz CT molecular complexity index is 985. The van der Waals surface area contributed by atoms with Crippen molar-refractivity contribution in [2.45, 2.75) is 64.1 Å². The molecule has 0 bridgehead atoms. The second kappa shape index (κ2) is 6.32. The molecule has 1 aromatic heterocycles. The molecule has 2 aliphatic rings. The van der Waals surface area contributed by atoms with E-state index in [4.69, 9.17) is 10.7 Å². The number of nitrogens with zero attached hydrogens (tertiary/aromatic N) is 3. The molecule has 0 atom stereocenters. The van der Waals surface area contributed by atoms with Gasteiger partial charge in [-0.25, -0.2) is 18.2 Å². The number of amides is 1. The van der Waals surface area contributed by atoms with Gasteiger partial charge in [-0.15, -0.1) is 0 Å². The Morgan fingerprint density at radius 2 is 1.72 bits per heavy atom. The Kier molecular flexibility index (Phi) is 4.35. The average molecular weight is 406 g/mol. The third kappa shape index (κ3) is 2.96. The summed E-state index contributed by atoms with van der Waals surface area (Å²) in [6, 6.07) is 1.93. The SMILES string of the molecule is CC(C)c1c(-c2cc(F)c(F)c(F)c2)nc2n1CCN(C(=O)C1(N)CC1)C2(C)C. The number of halogens is 3. The molecule has 29 heavy (non-hydrogen) atoms. The first-order valence-electron chi connectivity index (χ1n) is 9.84. The third-order valence-electron chi connectivity index (χ3n) is 6.04. The summed E-state index contributed by atoms with van der Waals surface area (Å²) < 4.78 is 43.2. The van der Waals surface area contributed by atoms with E-state index in [1.165, 1.54) is 0 Å². The maximum atomic E-state index is 13.9. The molecule has 1 saturated carbocycles. The molecule has 1 aliphatic heterocycles. The largest absolute Gasteiger partial charge is 0.327 e. The molecule has 1 aliphatic carbocycles. The molecule has 1 fully saturated rings. The highest BCUT2D eigenvalue weighted by Crippen LogP contribution is 2.42. The number of hydrogen-bond acceptors (Lipinski definition) is 3. The maximum absolute atomic E-state index is 13.9.